The number of rotatable bonds is 4. The van der Waals surface area contributed by atoms with Crippen molar-refractivity contribution in [3.05, 3.63) is 64.4 Å². The highest BCUT2D eigenvalue weighted by molar-refractivity contribution is 6.09. The van der Waals surface area contributed by atoms with Gasteiger partial charge in [0.15, 0.2) is 0 Å². The van der Waals surface area contributed by atoms with Crippen LogP contribution in [0, 0.1) is 0 Å². The second-order valence-electron chi connectivity index (χ2n) is 5.70. The van der Waals surface area contributed by atoms with E-state index in [0.29, 0.717) is 29.6 Å². The van der Waals surface area contributed by atoms with E-state index in [0.717, 1.165) is 0 Å². The van der Waals surface area contributed by atoms with Crippen molar-refractivity contribution in [1.29, 1.82) is 0 Å². The predicted molar refractivity (Wildman–Crippen MR) is 96.2 cm³/mol. The molecule has 1 amide bonds. The third-order valence-electron chi connectivity index (χ3n) is 3.92. The van der Waals surface area contributed by atoms with Gasteiger partial charge in [-0.3, -0.25) is 9.59 Å². The highest BCUT2D eigenvalue weighted by atomic mass is 16.3. The number of para-hydroxylation sites is 1. The summed E-state index contributed by atoms with van der Waals surface area (Å²) < 4.78 is 1.49. The maximum Gasteiger partial charge on any atom is 0.267 e. The van der Waals surface area contributed by atoms with Crippen LogP contribution in [0.4, 0.5) is 5.69 Å². The number of aryl methyl sites for hydroxylation is 1. The minimum atomic E-state index is -0.719. The summed E-state index contributed by atoms with van der Waals surface area (Å²) in [4.78, 5) is 25.4. The third kappa shape index (κ3) is 3.06. The van der Waals surface area contributed by atoms with Crippen molar-refractivity contribution in [2.45, 2.75) is 19.9 Å². The van der Waals surface area contributed by atoms with Gasteiger partial charge >= 0.3 is 0 Å². The number of phenols is 1. The summed E-state index contributed by atoms with van der Waals surface area (Å²) in [6, 6.07) is 12.9. The van der Waals surface area contributed by atoms with E-state index < -0.39 is 11.5 Å². The molecule has 0 aliphatic heterocycles. The van der Waals surface area contributed by atoms with Gasteiger partial charge in [-0.15, -0.1) is 0 Å². The topological polar surface area (TPSA) is 91.6 Å². The fourth-order valence-corrected chi connectivity index (χ4v) is 2.82. The second-order valence-corrected chi connectivity index (χ2v) is 5.70. The summed E-state index contributed by atoms with van der Waals surface area (Å²) in [6.07, 6.45) is 0.711. The van der Waals surface area contributed by atoms with Gasteiger partial charge in [0.25, 0.3) is 11.5 Å². The van der Waals surface area contributed by atoms with Crippen LogP contribution < -0.4 is 10.9 Å². The number of carbonyl (C=O) groups excluding carboxylic acids is 1. The Morgan fingerprint density at radius 3 is 2.60 bits per heavy atom. The van der Waals surface area contributed by atoms with Crippen LogP contribution in [0.15, 0.2) is 53.3 Å². The second kappa shape index (κ2) is 6.68. The number of fused-ring (bicyclic) bond motifs is 1. The van der Waals surface area contributed by atoms with Crippen LogP contribution in [-0.4, -0.2) is 20.7 Å². The van der Waals surface area contributed by atoms with Crippen molar-refractivity contribution < 1.29 is 15.0 Å². The Bertz CT molecular complexity index is 1010. The lowest BCUT2D eigenvalue weighted by Crippen LogP contribution is -2.29. The molecule has 25 heavy (non-hydrogen) atoms. The predicted octanol–water partition coefficient (Wildman–Crippen LogP) is 3.08. The standard InChI is InChI=1S/C19H18N2O4/c1-2-10-21-15-9-4-3-8-14(15)17(23)16(19(21)25)18(24)20-12-6-5-7-13(22)11-12/h3-9,11,22-23H,2,10H2,1H3,(H,20,24). The summed E-state index contributed by atoms with van der Waals surface area (Å²) in [7, 11) is 0. The fraction of sp³-hybridized carbons (Fsp3) is 0.158. The molecule has 0 aliphatic carbocycles. The van der Waals surface area contributed by atoms with E-state index in [4.69, 9.17) is 0 Å². The van der Waals surface area contributed by atoms with Crippen molar-refractivity contribution in [1.82, 2.24) is 4.57 Å². The number of aromatic hydroxyl groups is 2. The Labute approximate surface area is 144 Å². The van der Waals surface area contributed by atoms with Gasteiger partial charge in [-0.05, 0) is 30.7 Å². The summed E-state index contributed by atoms with van der Waals surface area (Å²) in [5.41, 5.74) is 0.0611. The van der Waals surface area contributed by atoms with Crippen molar-refractivity contribution in [2.75, 3.05) is 5.32 Å². The van der Waals surface area contributed by atoms with Crippen molar-refractivity contribution in [2.24, 2.45) is 0 Å². The van der Waals surface area contributed by atoms with Gasteiger partial charge in [0.2, 0.25) is 0 Å². The minimum absolute atomic E-state index is 0.0103. The highest BCUT2D eigenvalue weighted by Crippen LogP contribution is 2.27. The van der Waals surface area contributed by atoms with Crippen LogP contribution in [0.25, 0.3) is 10.9 Å². The molecule has 1 aromatic heterocycles. The average Bonchev–Trinajstić information content (AvgIpc) is 2.59. The molecule has 0 spiro atoms. The quantitative estimate of drug-likeness (QED) is 0.682. The first-order valence-electron chi connectivity index (χ1n) is 7.97. The van der Waals surface area contributed by atoms with E-state index in [-0.39, 0.29) is 17.1 Å². The molecule has 6 nitrogen and oxygen atoms in total. The molecule has 1 heterocycles. The third-order valence-corrected chi connectivity index (χ3v) is 3.92. The molecule has 128 valence electrons. The van der Waals surface area contributed by atoms with Crippen LogP contribution in [0.2, 0.25) is 0 Å². The van der Waals surface area contributed by atoms with Crippen LogP contribution >= 0.6 is 0 Å². The number of hydrogen-bond donors (Lipinski definition) is 3. The molecular formula is C19H18N2O4. The number of carbonyl (C=O) groups is 1. The lowest BCUT2D eigenvalue weighted by molar-refractivity contribution is 0.102. The molecule has 0 unspecified atom stereocenters. The first-order valence-corrected chi connectivity index (χ1v) is 7.97. The number of nitrogens with one attached hydrogen (secondary N) is 1. The van der Waals surface area contributed by atoms with Gasteiger partial charge < -0.3 is 20.1 Å². The molecule has 3 aromatic rings. The number of anilines is 1. The molecule has 0 fully saturated rings. The first-order chi connectivity index (χ1) is 12.0. The lowest BCUT2D eigenvalue weighted by atomic mass is 10.1. The molecule has 3 N–H and O–H groups in total. The molecule has 6 heteroatoms. The smallest absolute Gasteiger partial charge is 0.267 e. The Balaban J connectivity index is 2.15. The van der Waals surface area contributed by atoms with Crippen LogP contribution in [-0.2, 0) is 6.54 Å². The van der Waals surface area contributed by atoms with Gasteiger partial charge in [-0.25, -0.2) is 0 Å². The fourth-order valence-electron chi connectivity index (χ4n) is 2.82. The molecule has 0 saturated heterocycles. The summed E-state index contributed by atoms with van der Waals surface area (Å²) >= 11 is 0. The highest BCUT2D eigenvalue weighted by Gasteiger charge is 2.22. The van der Waals surface area contributed by atoms with Crippen LogP contribution in [0.5, 0.6) is 11.5 Å². The van der Waals surface area contributed by atoms with E-state index in [2.05, 4.69) is 5.32 Å². The molecule has 0 radical (unpaired) electrons. The van der Waals surface area contributed by atoms with Crippen molar-refractivity contribution in [3.63, 3.8) is 0 Å². The molecular weight excluding hydrogens is 320 g/mol. The molecule has 0 saturated carbocycles. The zero-order chi connectivity index (χ0) is 18.0. The molecule has 0 aliphatic rings. The van der Waals surface area contributed by atoms with Gasteiger partial charge in [-0.1, -0.05) is 25.1 Å². The van der Waals surface area contributed by atoms with Gasteiger partial charge in [0.05, 0.1) is 5.52 Å². The maximum atomic E-state index is 12.8. The van der Waals surface area contributed by atoms with E-state index in [1.165, 1.54) is 16.7 Å². The Kier molecular flexibility index (Phi) is 4.43. The Hall–Kier alpha value is -3.28. The number of hydrogen-bond acceptors (Lipinski definition) is 4. The maximum absolute atomic E-state index is 12.8. The number of aromatic nitrogens is 1. The van der Waals surface area contributed by atoms with Gasteiger partial charge in [0, 0.05) is 23.7 Å². The molecule has 0 atom stereocenters. The number of phenolic OH excluding ortho intramolecular Hbond substituents is 1. The SMILES string of the molecule is CCCn1c(=O)c(C(=O)Nc2cccc(O)c2)c(O)c2ccccc21. The Morgan fingerprint density at radius 1 is 1.12 bits per heavy atom. The zero-order valence-corrected chi connectivity index (χ0v) is 13.7. The van der Waals surface area contributed by atoms with Crippen LogP contribution in [0.1, 0.15) is 23.7 Å². The van der Waals surface area contributed by atoms with Gasteiger partial charge in [0.1, 0.15) is 17.1 Å². The first kappa shape index (κ1) is 16.6. The van der Waals surface area contributed by atoms with Crippen molar-refractivity contribution in [3.8, 4) is 11.5 Å². The number of benzene rings is 2. The van der Waals surface area contributed by atoms with E-state index >= 15 is 0 Å². The lowest BCUT2D eigenvalue weighted by Gasteiger charge is -2.14. The Morgan fingerprint density at radius 2 is 1.88 bits per heavy atom. The van der Waals surface area contributed by atoms with E-state index in [1.54, 1.807) is 36.4 Å². The summed E-state index contributed by atoms with van der Waals surface area (Å²) in [5, 5.41) is 23.0. The number of pyridine rings is 1. The number of amides is 1. The molecule has 2 aromatic carbocycles. The summed E-state index contributed by atoms with van der Waals surface area (Å²) in [5.74, 6) is -1.07. The molecule has 3 rings (SSSR count). The van der Waals surface area contributed by atoms with E-state index in [9.17, 15) is 19.8 Å². The summed E-state index contributed by atoms with van der Waals surface area (Å²) in [6.45, 7) is 2.37. The van der Waals surface area contributed by atoms with Crippen molar-refractivity contribution >= 4 is 22.5 Å². The van der Waals surface area contributed by atoms with Crippen LogP contribution in [0.3, 0.4) is 0 Å². The van der Waals surface area contributed by atoms with Gasteiger partial charge in [-0.2, -0.15) is 0 Å². The molecule has 0 bridgehead atoms. The number of nitrogens with zero attached hydrogens (tertiary/aromatic N) is 1. The van der Waals surface area contributed by atoms with E-state index in [1.807, 2.05) is 6.92 Å². The normalized spacial score (nSPS) is 10.8. The average molecular weight is 338 g/mol. The minimum Gasteiger partial charge on any atom is -0.508 e. The monoisotopic (exact) mass is 338 g/mol. The zero-order valence-electron chi connectivity index (χ0n) is 13.7. The largest absolute Gasteiger partial charge is 0.508 e.